The van der Waals surface area contributed by atoms with Crippen LogP contribution in [0.15, 0.2) is 59.7 Å². The van der Waals surface area contributed by atoms with Crippen molar-refractivity contribution in [3.05, 3.63) is 76.6 Å². The average Bonchev–Trinajstić information content (AvgIpc) is 3.39. The molecule has 1 fully saturated rings. The molecule has 2 aliphatic rings. The Labute approximate surface area is 207 Å². The maximum absolute atomic E-state index is 14.5. The minimum atomic E-state index is -3.61. The highest BCUT2D eigenvalue weighted by Crippen LogP contribution is 2.51. The molecule has 37 heavy (non-hydrogen) atoms. The molecule has 4 heterocycles. The summed E-state index contributed by atoms with van der Waals surface area (Å²) in [5.41, 5.74) is 3.18. The van der Waals surface area contributed by atoms with Crippen LogP contribution in [0.5, 0.6) is 0 Å². The summed E-state index contributed by atoms with van der Waals surface area (Å²) in [7, 11) is 1.63. The number of benzene rings is 2. The highest BCUT2D eigenvalue weighted by atomic mass is 19.3. The van der Waals surface area contributed by atoms with Crippen molar-refractivity contribution in [2.24, 2.45) is 7.05 Å². The molecule has 6 rings (SSSR count). The summed E-state index contributed by atoms with van der Waals surface area (Å²) in [6, 6.07) is 8.98. The predicted octanol–water partition coefficient (Wildman–Crippen LogP) is 3.46. The number of amides is 2. The lowest BCUT2D eigenvalue weighted by molar-refractivity contribution is -0.143. The fourth-order valence-corrected chi connectivity index (χ4v) is 5.21. The van der Waals surface area contributed by atoms with Crippen molar-refractivity contribution in [1.29, 1.82) is 0 Å². The van der Waals surface area contributed by atoms with Gasteiger partial charge in [0.25, 0.3) is 5.91 Å². The number of aryl methyl sites for hydroxylation is 1. The van der Waals surface area contributed by atoms with Gasteiger partial charge in [-0.1, -0.05) is 6.07 Å². The molecule has 188 valence electrons. The zero-order valence-corrected chi connectivity index (χ0v) is 19.7. The van der Waals surface area contributed by atoms with Crippen LogP contribution in [0.3, 0.4) is 0 Å². The lowest BCUT2D eigenvalue weighted by Crippen LogP contribution is -2.46. The molecule has 2 aliphatic heterocycles. The quantitative estimate of drug-likeness (QED) is 0.460. The van der Waals surface area contributed by atoms with E-state index in [1.165, 1.54) is 33.7 Å². The third-order valence-corrected chi connectivity index (χ3v) is 6.92. The van der Waals surface area contributed by atoms with Gasteiger partial charge in [-0.2, -0.15) is 13.9 Å². The van der Waals surface area contributed by atoms with E-state index in [1.807, 2.05) is 0 Å². The van der Waals surface area contributed by atoms with Crippen molar-refractivity contribution < 1.29 is 22.8 Å². The first kappa shape index (κ1) is 23.0. The first-order valence-electron chi connectivity index (χ1n) is 11.5. The van der Waals surface area contributed by atoms with Gasteiger partial charge < -0.3 is 14.8 Å². The zero-order chi connectivity index (χ0) is 26.2. The van der Waals surface area contributed by atoms with Gasteiger partial charge in [-0.05, 0) is 41.5 Å². The molecule has 0 aliphatic carbocycles. The zero-order valence-electron chi connectivity index (χ0n) is 19.7. The Morgan fingerprint density at radius 2 is 1.89 bits per heavy atom. The van der Waals surface area contributed by atoms with Crippen LogP contribution in [0.25, 0.3) is 27.7 Å². The Balaban J connectivity index is 1.54. The Hall–Kier alpha value is -4.41. The number of nitrogens with one attached hydrogen (secondary N) is 1. The molecule has 1 unspecified atom stereocenters. The number of alkyl halides is 2. The number of rotatable bonds is 3. The predicted molar refractivity (Wildman–Crippen MR) is 129 cm³/mol. The third-order valence-electron chi connectivity index (χ3n) is 6.92. The summed E-state index contributed by atoms with van der Waals surface area (Å²) in [5.74, 6) is -5.95. The number of anilines is 1. The van der Waals surface area contributed by atoms with E-state index in [0.717, 1.165) is 0 Å². The number of carbonyl (C=O) groups excluding carboxylic acids is 2. The van der Waals surface area contributed by atoms with E-state index in [0.29, 0.717) is 45.9 Å². The molecule has 4 aromatic rings. The van der Waals surface area contributed by atoms with Crippen molar-refractivity contribution in [3.8, 4) is 16.8 Å². The Morgan fingerprint density at radius 1 is 1.11 bits per heavy atom. The van der Waals surface area contributed by atoms with Gasteiger partial charge in [0.2, 0.25) is 11.5 Å². The van der Waals surface area contributed by atoms with Crippen molar-refractivity contribution in [2.45, 2.75) is 31.4 Å². The van der Waals surface area contributed by atoms with E-state index >= 15 is 0 Å². The minimum absolute atomic E-state index is 0.178. The van der Waals surface area contributed by atoms with Crippen LogP contribution in [0.2, 0.25) is 0 Å². The van der Waals surface area contributed by atoms with E-state index in [1.54, 1.807) is 42.3 Å². The SMILES string of the molecule is Cn1cc(-n2ncc3cc4c(cc32)-c2cc(F)ccc2C2[C@@H](NC(=O)C(C)(F)F)CC(=O)N42)ccc1=O. The lowest BCUT2D eigenvalue weighted by atomic mass is 9.86. The normalized spacial score (nSPS) is 18.5. The molecule has 0 spiro atoms. The molecule has 11 heteroatoms. The number of aromatic nitrogens is 3. The second-order valence-electron chi connectivity index (χ2n) is 9.43. The van der Waals surface area contributed by atoms with Crippen molar-refractivity contribution in [3.63, 3.8) is 0 Å². The Kier molecular flexibility index (Phi) is 4.85. The number of hydrogen-bond acceptors (Lipinski definition) is 4. The van der Waals surface area contributed by atoms with E-state index in [4.69, 9.17) is 0 Å². The molecule has 1 N–H and O–H groups in total. The van der Waals surface area contributed by atoms with Gasteiger partial charge in [-0.3, -0.25) is 14.4 Å². The van der Waals surface area contributed by atoms with Crippen LogP contribution in [0, 0.1) is 5.82 Å². The standard InChI is InChI=1S/C26H20F3N5O3/c1-26(28,29)25(37)31-19-10-23(36)33-21-7-13-11-30-34(15-4-6-22(35)32(2)12-15)20(13)9-18(21)17-8-14(27)3-5-16(17)24(19)33/h3-9,11-12,19,24H,10H2,1-2H3,(H,31,37)/t19-,24?/m0/s1. The highest BCUT2D eigenvalue weighted by Gasteiger charge is 2.48. The van der Waals surface area contributed by atoms with Gasteiger partial charge in [-0.15, -0.1) is 0 Å². The number of fused-ring (bicyclic) bond motifs is 7. The van der Waals surface area contributed by atoms with Crippen molar-refractivity contribution in [1.82, 2.24) is 19.7 Å². The molecule has 2 aromatic carbocycles. The lowest BCUT2D eigenvalue weighted by Gasteiger charge is -2.36. The van der Waals surface area contributed by atoms with Gasteiger partial charge in [0, 0.05) is 43.6 Å². The molecule has 0 radical (unpaired) electrons. The summed E-state index contributed by atoms with van der Waals surface area (Å²) >= 11 is 0. The number of nitrogens with zero attached hydrogens (tertiary/aromatic N) is 4. The molecular formula is C26H20F3N5O3. The van der Waals surface area contributed by atoms with Gasteiger partial charge in [0.1, 0.15) is 5.82 Å². The van der Waals surface area contributed by atoms with E-state index < -0.39 is 29.7 Å². The van der Waals surface area contributed by atoms with Crippen molar-refractivity contribution >= 4 is 28.4 Å². The van der Waals surface area contributed by atoms with Crippen LogP contribution >= 0.6 is 0 Å². The Bertz CT molecular complexity index is 1690. The number of pyridine rings is 1. The fraction of sp³-hybridized carbons (Fsp3) is 0.231. The largest absolute Gasteiger partial charge is 0.345 e. The van der Waals surface area contributed by atoms with Crippen LogP contribution in [-0.4, -0.2) is 38.1 Å². The number of hydrogen-bond donors (Lipinski definition) is 1. The molecule has 2 atom stereocenters. The van der Waals surface area contributed by atoms with E-state index in [-0.39, 0.29) is 17.9 Å². The topological polar surface area (TPSA) is 89.2 Å². The molecule has 1 saturated heterocycles. The summed E-state index contributed by atoms with van der Waals surface area (Å²) in [5, 5.41) is 7.44. The Morgan fingerprint density at radius 3 is 2.62 bits per heavy atom. The monoisotopic (exact) mass is 507 g/mol. The first-order chi connectivity index (χ1) is 17.5. The van der Waals surface area contributed by atoms with Gasteiger partial charge in [-0.25, -0.2) is 9.07 Å². The van der Waals surface area contributed by atoms with Crippen molar-refractivity contribution in [2.75, 3.05) is 4.90 Å². The van der Waals surface area contributed by atoms with Gasteiger partial charge in [0.15, 0.2) is 0 Å². The van der Waals surface area contributed by atoms with E-state index in [2.05, 4.69) is 10.4 Å². The molecule has 2 amide bonds. The summed E-state index contributed by atoms with van der Waals surface area (Å²) in [4.78, 5) is 38.6. The molecule has 0 bridgehead atoms. The summed E-state index contributed by atoms with van der Waals surface area (Å²) in [6.45, 7) is 0.495. The molecule has 8 nitrogen and oxygen atoms in total. The smallest absolute Gasteiger partial charge is 0.321 e. The van der Waals surface area contributed by atoms with Crippen LogP contribution < -0.4 is 15.8 Å². The average molecular weight is 507 g/mol. The molecule has 2 aromatic heterocycles. The summed E-state index contributed by atoms with van der Waals surface area (Å²) < 4.78 is 44.8. The first-order valence-corrected chi connectivity index (χ1v) is 11.5. The number of halogens is 3. The highest BCUT2D eigenvalue weighted by molar-refractivity contribution is 6.07. The van der Waals surface area contributed by atoms with Crippen LogP contribution in [-0.2, 0) is 16.6 Å². The van der Waals surface area contributed by atoms with Crippen LogP contribution in [0.4, 0.5) is 18.9 Å². The molecular weight excluding hydrogens is 487 g/mol. The van der Waals surface area contributed by atoms with Gasteiger partial charge >= 0.3 is 5.92 Å². The van der Waals surface area contributed by atoms with E-state index in [9.17, 15) is 27.6 Å². The second-order valence-corrected chi connectivity index (χ2v) is 9.43. The number of carbonyl (C=O) groups is 2. The van der Waals surface area contributed by atoms with Gasteiger partial charge in [0.05, 0.1) is 35.2 Å². The maximum atomic E-state index is 14.5. The van der Waals surface area contributed by atoms with Crippen LogP contribution in [0.1, 0.15) is 24.9 Å². The maximum Gasteiger partial charge on any atom is 0.321 e. The third kappa shape index (κ3) is 3.52. The second kappa shape index (κ2) is 7.79. The molecule has 0 saturated carbocycles. The fourth-order valence-electron chi connectivity index (χ4n) is 5.21. The summed E-state index contributed by atoms with van der Waals surface area (Å²) in [6.07, 6.45) is 3.06. The minimum Gasteiger partial charge on any atom is -0.345 e.